The van der Waals surface area contributed by atoms with Crippen LogP contribution in [0.15, 0.2) is 30.3 Å². The number of benzene rings is 1. The average molecular weight is 228 g/mol. The maximum Gasteiger partial charge on any atom is 0.136 e. The Bertz CT molecular complexity index is 409. The number of hydrogen-bond donors (Lipinski definition) is 0. The third-order valence-electron chi connectivity index (χ3n) is 4.82. The van der Waals surface area contributed by atoms with Crippen LogP contribution in [0.25, 0.3) is 0 Å². The Morgan fingerprint density at radius 2 is 1.88 bits per heavy atom. The molecule has 0 heterocycles. The molecule has 2 bridgehead atoms. The van der Waals surface area contributed by atoms with Gasteiger partial charge in [0.15, 0.2) is 0 Å². The molecule has 2 fully saturated rings. The minimum atomic E-state index is 0.321. The first-order chi connectivity index (χ1) is 8.31. The van der Waals surface area contributed by atoms with Gasteiger partial charge in [0.05, 0.1) is 0 Å². The van der Waals surface area contributed by atoms with Crippen LogP contribution in [0.2, 0.25) is 0 Å². The van der Waals surface area contributed by atoms with Gasteiger partial charge in [-0.1, -0.05) is 37.3 Å². The van der Waals surface area contributed by atoms with Crippen molar-refractivity contribution in [1.29, 1.82) is 0 Å². The summed E-state index contributed by atoms with van der Waals surface area (Å²) in [7, 11) is 0. The summed E-state index contributed by atoms with van der Waals surface area (Å²) in [4.78, 5) is 12.2. The van der Waals surface area contributed by atoms with Crippen molar-refractivity contribution in [2.45, 2.75) is 38.5 Å². The van der Waals surface area contributed by atoms with Crippen molar-refractivity contribution < 1.29 is 4.79 Å². The van der Waals surface area contributed by atoms with Crippen LogP contribution in [0.4, 0.5) is 0 Å². The number of fused-ring (bicyclic) bond motifs is 2. The summed E-state index contributed by atoms with van der Waals surface area (Å²) in [5.74, 6) is 2.77. The number of carbonyl (C=O) groups excluding carboxylic acids is 1. The normalized spacial score (nSPS) is 35.1. The molecule has 2 aliphatic carbocycles. The SMILES string of the molecule is CCC(=O)[C@@H]1[C@H]2CC[C@H](C2)[C@@H]1c1ccccc1. The van der Waals surface area contributed by atoms with Crippen molar-refractivity contribution in [2.24, 2.45) is 17.8 Å². The number of ketones is 1. The van der Waals surface area contributed by atoms with Gasteiger partial charge in [0.1, 0.15) is 5.78 Å². The van der Waals surface area contributed by atoms with E-state index in [0.29, 0.717) is 30.0 Å². The van der Waals surface area contributed by atoms with Gasteiger partial charge in [0.2, 0.25) is 0 Å². The van der Waals surface area contributed by atoms with E-state index in [1.165, 1.54) is 24.8 Å². The first-order valence-corrected chi connectivity index (χ1v) is 6.89. The van der Waals surface area contributed by atoms with Crippen molar-refractivity contribution in [3.05, 3.63) is 35.9 Å². The molecule has 0 amide bonds. The van der Waals surface area contributed by atoms with Crippen LogP contribution in [0.1, 0.15) is 44.1 Å². The van der Waals surface area contributed by atoms with E-state index in [-0.39, 0.29) is 0 Å². The zero-order valence-corrected chi connectivity index (χ0v) is 10.4. The van der Waals surface area contributed by atoms with Gasteiger partial charge in [-0.25, -0.2) is 0 Å². The van der Waals surface area contributed by atoms with Crippen molar-refractivity contribution in [1.82, 2.24) is 0 Å². The Morgan fingerprint density at radius 1 is 1.18 bits per heavy atom. The Balaban J connectivity index is 1.94. The molecular weight excluding hydrogens is 208 g/mol. The van der Waals surface area contributed by atoms with Gasteiger partial charge < -0.3 is 0 Å². The summed E-state index contributed by atoms with van der Waals surface area (Å²) >= 11 is 0. The molecule has 1 nitrogen and oxygen atoms in total. The molecule has 2 aliphatic rings. The third-order valence-corrected chi connectivity index (χ3v) is 4.82. The monoisotopic (exact) mass is 228 g/mol. The summed E-state index contributed by atoms with van der Waals surface area (Å²) < 4.78 is 0. The van der Waals surface area contributed by atoms with E-state index < -0.39 is 0 Å². The van der Waals surface area contributed by atoms with Gasteiger partial charge >= 0.3 is 0 Å². The first-order valence-electron chi connectivity index (χ1n) is 6.89. The number of hydrogen-bond acceptors (Lipinski definition) is 1. The summed E-state index contributed by atoms with van der Waals surface area (Å²) in [6.07, 6.45) is 4.61. The largest absolute Gasteiger partial charge is 0.299 e. The Morgan fingerprint density at radius 3 is 2.59 bits per heavy atom. The second-order valence-corrected chi connectivity index (χ2v) is 5.62. The van der Waals surface area contributed by atoms with Crippen LogP contribution in [-0.2, 0) is 4.79 Å². The minimum absolute atomic E-state index is 0.321. The summed E-state index contributed by atoms with van der Waals surface area (Å²) in [6.45, 7) is 2.01. The molecule has 90 valence electrons. The van der Waals surface area contributed by atoms with E-state index in [1.807, 2.05) is 6.92 Å². The summed E-state index contributed by atoms with van der Waals surface area (Å²) in [5.41, 5.74) is 1.39. The van der Waals surface area contributed by atoms with Gasteiger partial charge in [0, 0.05) is 12.3 Å². The lowest BCUT2D eigenvalue weighted by molar-refractivity contribution is -0.124. The van der Waals surface area contributed by atoms with Crippen LogP contribution in [0.3, 0.4) is 0 Å². The van der Waals surface area contributed by atoms with Gasteiger partial charge in [-0.2, -0.15) is 0 Å². The zero-order valence-electron chi connectivity index (χ0n) is 10.4. The van der Waals surface area contributed by atoms with E-state index in [0.717, 1.165) is 5.92 Å². The highest BCUT2D eigenvalue weighted by Crippen LogP contribution is 2.57. The molecule has 0 aromatic heterocycles. The molecule has 0 radical (unpaired) electrons. The highest BCUT2D eigenvalue weighted by atomic mass is 16.1. The lowest BCUT2D eigenvalue weighted by Crippen LogP contribution is -2.27. The van der Waals surface area contributed by atoms with E-state index in [4.69, 9.17) is 0 Å². The Labute approximate surface area is 103 Å². The van der Waals surface area contributed by atoms with Crippen LogP contribution in [0.5, 0.6) is 0 Å². The van der Waals surface area contributed by atoms with Crippen LogP contribution in [-0.4, -0.2) is 5.78 Å². The van der Waals surface area contributed by atoms with Crippen molar-refractivity contribution in [3.63, 3.8) is 0 Å². The fraction of sp³-hybridized carbons (Fsp3) is 0.562. The predicted octanol–water partition coefficient (Wildman–Crippen LogP) is 3.80. The standard InChI is InChI=1S/C16H20O/c1-2-14(17)16-13-9-8-12(10-13)15(16)11-6-4-3-5-7-11/h3-7,12-13,15-16H,2,8-10H2,1H3/t12-,13+,15+,16+/m1/s1. The molecule has 17 heavy (non-hydrogen) atoms. The van der Waals surface area contributed by atoms with Gasteiger partial charge in [-0.3, -0.25) is 4.79 Å². The summed E-state index contributed by atoms with van der Waals surface area (Å²) in [6, 6.07) is 10.7. The fourth-order valence-electron chi connectivity index (χ4n) is 4.15. The molecule has 0 saturated heterocycles. The Kier molecular flexibility index (Phi) is 2.78. The minimum Gasteiger partial charge on any atom is -0.299 e. The number of Topliss-reactive ketones (excluding diaryl/α,β-unsaturated/α-hetero) is 1. The van der Waals surface area contributed by atoms with Gasteiger partial charge in [-0.15, -0.1) is 0 Å². The van der Waals surface area contributed by atoms with E-state index in [9.17, 15) is 4.79 Å². The molecule has 1 heteroatoms. The molecular formula is C16H20O. The van der Waals surface area contributed by atoms with Crippen molar-refractivity contribution in [3.8, 4) is 0 Å². The maximum atomic E-state index is 12.2. The Hall–Kier alpha value is -1.11. The maximum absolute atomic E-state index is 12.2. The zero-order chi connectivity index (χ0) is 11.8. The molecule has 3 rings (SSSR count). The highest BCUT2D eigenvalue weighted by molar-refractivity contribution is 5.82. The van der Waals surface area contributed by atoms with Crippen molar-refractivity contribution in [2.75, 3.05) is 0 Å². The van der Waals surface area contributed by atoms with E-state index in [1.54, 1.807) is 0 Å². The average Bonchev–Trinajstić information content (AvgIpc) is 2.99. The van der Waals surface area contributed by atoms with Crippen molar-refractivity contribution >= 4 is 5.78 Å². The molecule has 0 unspecified atom stereocenters. The molecule has 0 aliphatic heterocycles. The van der Waals surface area contributed by atoms with Crippen LogP contribution < -0.4 is 0 Å². The van der Waals surface area contributed by atoms with E-state index in [2.05, 4.69) is 30.3 Å². The lowest BCUT2D eigenvalue weighted by atomic mass is 9.73. The predicted molar refractivity (Wildman–Crippen MR) is 68.8 cm³/mol. The second kappa shape index (κ2) is 4.29. The summed E-state index contributed by atoms with van der Waals surface area (Å²) in [5, 5.41) is 0. The smallest absolute Gasteiger partial charge is 0.136 e. The molecule has 4 atom stereocenters. The van der Waals surface area contributed by atoms with Crippen LogP contribution >= 0.6 is 0 Å². The van der Waals surface area contributed by atoms with Gasteiger partial charge in [-0.05, 0) is 42.6 Å². The molecule has 2 saturated carbocycles. The lowest BCUT2D eigenvalue weighted by Gasteiger charge is -2.30. The molecule has 0 spiro atoms. The molecule has 1 aromatic rings. The second-order valence-electron chi connectivity index (χ2n) is 5.62. The van der Waals surface area contributed by atoms with Gasteiger partial charge in [0.25, 0.3) is 0 Å². The van der Waals surface area contributed by atoms with Crippen LogP contribution in [0, 0.1) is 17.8 Å². The topological polar surface area (TPSA) is 17.1 Å². The number of rotatable bonds is 3. The fourth-order valence-corrected chi connectivity index (χ4v) is 4.15. The highest BCUT2D eigenvalue weighted by Gasteiger charge is 2.50. The van der Waals surface area contributed by atoms with E-state index >= 15 is 0 Å². The first kappa shape index (κ1) is 11.0. The number of carbonyl (C=O) groups is 1. The third kappa shape index (κ3) is 1.72. The molecule has 0 N–H and O–H groups in total. The quantitative estimate of drug-likeness (QED) is 0.769. The molecule has 1 aromatic carbocycles.